The van der Waals surface area contributed by atoms with Crippen molar-refractivity contribution in [3.05, 3.63) is 24.3 Å². The zero-order valence-electron chi connectivity index (χ0n) is 7.77. The highest BCUT2D eigenvalue weighted by atomic mass is 16.6. The molecule has 0 amide bonds. The Hall–Kier alpha value is -1.22. The second-order valence-electron chi connectivity index (χ2n) is 3.97. The molecular weight excluding hydrogens is 180 g/mol. The lowest BCUT2D eigenvalue weighted by Crippen LogP contribution is -2.41. The summed E-state index contributed by atoms with van der Waals surface area (Å²) >= 11 is 0. The fraction of sp³-hybridized carbons (Fsp3) is 0.455. The fourth-order valence-corrected chi connectivity index (χ4v) is 1.73. The highest BCUT2D eigenvalue weighted by molar-refractivity contribution is 5.41. The van der Waals surface area contributed by atoms with Gasteiger partial charge in [0.25, 0.3) is 0 Å². The van der Waals surface area contributed by atoms with Gasteiger partial charge in [0.1, 0.15) is 12.2 Å². The first-order valence-electron chi connectivity index (χ1n) is 4.89. The van der Waals surface area contributed by atoms with E-state index in [4.69, 9.17) is 9.47 Å². The monoisotopic (exact) mass is 192 g/mol. The quantitative estimate of drug-likeness (QED) is 0.730. The minimum absolute atomic E-state index is 0.197. The van der Waals surface area contributed by atoms with Gasteiger partial charge in [-0.25, -0.2) is 0 Å². The number of para-hydroxylation sites is 2. The average molecular weight is 192 g/mol. The van der Waals surface area contributed by atoms with Gasteiger partial charge in [-0.05, 0) is 25.0 Å². The van der Waals surface area contributed by atoms with E-state index >= 15 is 0 Å². The molecule has 1 aromatic rings. The van der Waals surface area contributed by atoms with Crippen LogP contribution in [0.15, 0.2) is 24.3 Å². The molecule has 0 aromatic heterocycles. The van der Waals surface area contributed by atoms with E-state index in [0.717, 1.165) is 24.3 Å². The van der Waals surface area contributed by atoms with Crippen LogP contribution in [-0.2, 0) is 0 Å². The Morgan fingerprint density at radius 1 is 1.21 bits per heavy atom. The normalized spacial score (nSPS) is 27.1. The third kappa shape index (κ3) is 1.16. The minimum atomic E-state index is -0.631. The van der Waals surface area contributed by atoms with Gasteiger partial charge < -0.3 is 14.6 Å². The van der Waals surface area contributed by atoms with Crippen LogP contribution in [0.1, 0.15) is 12.8 Å². The van der Waals surface area contributed by atoms with E-state index in [2.05, 4.69) is 0 Å². The molecule has 1 aliphatic heterocycles. The van der Waals surface area contributed by atoms with Crippen LogP contribution in [0.3, 0.4) is 0 Å². The van der Waals surface area contributed by atoms with Gasteiger partial charge in [-0.2, -0.15) is 0 Å². The summed E-state index contributed by atoms with van der Waals surface area (Å²) in [6, 6.07) is 7.56. The lowest BCUT2D eigenvalue weighted by molar-refractivity contribution is -0.0261. The standard InChI is InChI=1S/C11H12O3/c12-11(5-6-11)10-7-13-8-3-1-2-4-9(8)14-10/h1-4,10,12H,5-7H2. The molecule has 1 atom stereocenters. The third-order valence-electron chi connectivity index (χ3n) is 2.87. The van der Waals surface area contributed by atoms with Crippen LogP contribution < -0.4 is 9.47 Å². The highest BCUT2D eigenvalue weighted by Gasteiger charge is 2.51. The van der Waals surface area contributed by atoms with Crippen LogP contribution in [0.4, 0.5) is 0 Å². The molecule has 3 heteroatoms. The van der Waals surface area contributed by atoms with Crippen LogP contribution in [0, 0.1) is 0 Å². The molecular formula is C11H12O3. The number of benzene rings is 1. The lowest BCUT2D eigenvalue weighted by Gasteiger charge is -2.29. The lowest BCUT2D eigenvalue weighted by atomic mass is 10.1. The summed E-state index contributed by atoms with van der Waals surface area (Å²) in [7, 11) is 0. The summed E-state index contributed by atoms with van der Waals surface area (Å²) in [6.45, 7) is 0.452. The van der Waals surface area contributed by atoms with Crippen LogP contribution in [-0.4, -0.2) is 23.4 Å². The number of ether oxygens (including phenoxy) is 2. The van der Waals surface area contributed by atoms with E-state index in [9.17, 15) is 5.11 Å². The molecule has 1 N–H and O–H groups in total. The van der Waals surface area contributed by atoms with Crippen molar-refractivity contribution < 1.29 is 14.6 Å². The largest absolute Gasteiger partial charge is 0.486 e. The Bertz CT molecular complexity index is 357. The van der Waals surface area contributed by atoms with Crippen molar-refractivity contribution >= 4 is 0 Å². The van der Waals surface area contributed by atoms with Gasteiger partial charge in [-0.1, -0.05) is 12.1 Å². The van der Waals surface area contributed by atoms with Gasteiger partial charge in [0.05, 0.1) is 0 Å². The number of hydrogen-bond donors (Lipinski definition) is 1. The second kappa shape index (κ2) is 2.64. The van der Waals surface area contributed by atoms with Crippen molar-refractivity contribution in [2.75, 3.05) is 6.61 Å². The first kappa shape index (κ1) is 8.12. The van der Waals surface area contributed by atoms with E-state index in [0.29, 0.717) is 6.61 Å². The van der Waals surface area contributed by atoms with Gasteiger partial charge in [0.2, 0.25) is 0 Å². The molecule has 1 heterocycles. The van der Waals surface area contributed by atoms with Crippen LogP contribution >= 0.6 is 0 Å². The molecule has 3 rings (SSSR count). The van der Waals surface area contributed by atoms with Gasteiger partial charge >= 0.3 is 0 Å². The predicted molar refractivity (Wildman–Crippen MR) is 50.5 cm³/mol. The summed E-state index contributed by atoms with van der Waals surface area (Å²) in [5.41, 5.74) is -0.631. The van der Waals surface area contributed by atoms with Crippen LogP contribution in [0.5, 0.6) is 11.5 Å². The molecule has 1 saturated carbocycles. The van der Waals surface area contributed by atoms with Crippen LogP contribution in [0.25, 0.3) is 0 Å². The Morgan fingerprint density at radius 2 is 1.93 bits per heavy atom. The highest BCUT2D eigenvalue weighted by Crippen LogP contribution is 2.43. The Morgan fingerprint density at radius 3 is 2.64 bits per heavy atom. The summed E-state index contributed by atoms with van der Waals surface area (Å²) in [6.07, 6.45) is 1.45. The Labute approximate surface area is 82.3 Å². The number of fused-ring (bicyclic) bond motifs is 1. The molecule has 0 saturated heterocycles. The first-order valence-corrected chi connectivity index (χ1v) is 4.89. The van der Waals surface area contributed by atoms with Crippen molar-refractivity contribution in [2.45, 2.75) is 24.5 Å². The van der Waals surface area contributed by atoms with Crippen molar-refractivity contribution in [3.8, 4) is 11.5 Å². The molecule has 2 aliphatic rings. The molecule has 0 spiro atoms. The Balaban J connectivity index is 1.86. The fourth-order valence-electron chi connectivity index (χ4n) is 1.73. The molecule has 1 aromatic carbocycles. The van der Waals surface area contributed by atoms with Crippen molar-refractivity contribution in [2.24, 2.45) is 0 Å². The molecule has 1 fully saturated rings. The zero-order valence-corrected chi connectivity index (χ0v) is 7.77. The van der Waals surface area contributed by atoms with E-state index in [-0.39, 0.29) is 6.10 Å². The minimum Gasteiger partial charge on any atom is -0.486 e. The summed E-state index contributed by atoms with van der Waals surface area (Å²) in [5, 5.41) is 9.87. The van der Waals surface area contributed by atoms with E-state index < -0.39 is 5.60 Å². The van der Waals surface area contributed by atoms with Crippen LogP contribution in [0.2, 0.25) is 0 Å². The maximum Gasteiger partial charge on any atom is 0.161 e. The van der Waals surface area contributed by atoms with Crippen molar-refractivity contribution in [3.63, 3.8) is 0 Å². The molecule has 0 radical (unpaired) electrons. The summed E-state index contributed by atoms with van der Waals surface area (Å²) in [5.74, 6) is 1.51. The molecule has 74 valence electrons. The maximum atomic E-state index is 9.87. The van der Waals surface area contributed by atoms with Gasteiger partial charge in [-0.15, -0.1) is 0 Å². The molecule has 3 nitrogen and oxygen atoms in total. The zero-order chi connectivity index (χ0) is 9.60. The van der Waals surface area contributed by atoms with Gasteiger partial charge in [0.15, 0.2) is 17.6 Å². The first-order chi connectivity index (χ1) is 6.78. The maximum absolute atomic E-state index is 9.87. The average Bonchev–Trinajstić information content (AvgIpc) is 2.97. The molecule has 0 bridgehead atoms. The topological polar surface area (TPSA) is 38.7 Å². The number of hydrogen-bond acceptors (Lipinski definition) is 3. The molecule has 1 unspecified atom stereocenters. The van der Waals surface area contributed by atoms with Gasteiger partial charge in [-0.3, -0.25) is 0 Å². The van der Waals surface area contributed by atoms with Crippen molar-refractivity contribution in [1.29, 1.82) is 0 Å². The van der Waals surface area contributed by atoms with E-state index in [1.807, 2.05) is 24.3 Å². The molecule has 1 aliphatic carbocycles. The summed E-state index contributed by atoms with van der Waals surface area (Å²) in [4.78, 5) is 0. The third-order valence-corrected chi connectivity index (χ3v) is 2.87. The predicted octanol–water partition coefficient (Wildman–Crippen LogP) is 1.35. The summed E-state index contributed by atoms with van der Waals surface area (Å²) < 4.78 is 11.2. The second-order valence-corrected chi connectivity index (χ2v) is 3.97. The van der Waals surface area contributed by atoms with E-state index in [1.165, 1.54) is 0 Å². The Kier molecular flexibility index (Phi) is 1.53. The van der Waals surface area contributed by atoms with Crippen molar-refractivity contribution in [1.82, 2.24) is 0 Å². The van der Waals surface area contributed by atoms with Gasteiger partial charge in [0, 0.05) is 0 Å². The van der Waals surface area contributed by atoms with E-state index in [1.54, 1.807) is 0 Å². The number of aliphatic hydroxyl groups is 1. The number of rotatable bonds is 1. The SMILES string of the molecule is OC1(C2COc3ccccc3O2)CC1. The smallest absolute Gasteiger partial charge is 0.161 e. The molecule has 14 heavy (non-hydrogen) atoms.